The van der Waals surface area contributed by atoms with Crippen molar-refractivity contribution < 1.29 is 9.53 Å². The minimum absolute atomic E-state index is 0.0351. The molecule has 0 heterocycles. The molecule has 0 bridgehead atoms. The van der Waals surface area contributed by atoms with E-state index in [-0.39, 0.29) is 5.91 Å². The van der Waals surface area contributed by atoms with Crippen LogP contribution < -0.4 is 10.1 Å². The first-order valence-corrected chi connectivity index (χ1v) is 7.42. The molecule has 0 saturated heterocycles. The summed E-state index contributed by atoms with van der Waals surface area (Å²) in [5.41, 5.74) is 1.94. The molecule has 2 aromatic carbocycles. The second kappa shape index (κ2) is 8.20. The molecule has 0 aliphatic heterocycles. The summed E-state index contributed by atoms with van der Waals surface area (Å²) in [7, 11) is 1.93. The van der Waals surface area contributed by atoms with Crippen LogP contribution in [-0.2, 0) is 11.3 Å². The summed E-state index contributed by atoms with van der Waals surface area (Å²) < 4.78 is 5.43. The summed E-state index contributed by atoms with van der Waals surface area (Å²) in [5.74, 6) is 0.727. The Kier molecular flexibility index (Phi) is 5.98. The number of hydrogen-bond acceptors (Lipinski definition) is 3. The van der Waals surface area contributed by atoms with E-state index in [4.69, 9.17) is 4.74 Å². The third-order valence-corrected chi connectivity index (χ3v) is 3.14. The van der Waals surface area contributed by atoms with E-state index in [1.165, 1.54) is 5.56 Å². The summed E-state index contributed by atoms with van der Waals surface area (Å²) in [4.78, 5) is 14.1. The van der Waals surface area contributed by atoms with Gasteiger partial charge in [-0.1, -0.05) is 36.4 Å². The van der Waals surface area contributed by atoms with Gasteiger partial charge in [-0.15, -0.1) is 0 Å². The molecule has 0 aliphatic carbocycles. The molecule has 0 fully saturated rings. The summed E-state index contributed by atoms with van der Waals surface area (Å²) in [6.07, 6.45) is 0. The van der Waals surface area contributed by atoms with Crippen molar-refractivity contribution in [2.45, 2.75) is 13.5 Å². The van der Waals surface area contributed by atoms with Gasteiger partial charge in [0.05, 0.1) is 13.2 Å². The van der Waals surface area contributed by atoms with Gasteiger partial charge < -0.3 is 10.1 Å². The molecule has 0 unspecified atom stereocenters. The van der Waals surface area contributed by atoms with Gasteiger partial charge >= 0.3 is 0 Å². The molecular formula is C18H22N2O2. The van der Waals surface area contributed by atoms with Crippen molar-refractivity contribution >= 4 is 11.6 Å². The maximum absolute atomic E-state index is 12.1. The fraction of sp³-hybridized carbons (Fsp3) is 0.278. The second-order valence-corrected chi connectivity index (χ2v) is 5.17. The minimum Gasteiger partial charge on any atom is -0.494 e. The average molecular weight is 298 g/mol. The van der Waals surface area contributed by atoms with Gasteiger partial charge in [0, 0.05) is 18.3 Å². The lowest BCUT2D eigenvalue weighted by Crippen LogP contribution is -2.29. The second-order valence-electron chi connectivity index (χ2n) is 5.17. The van der Waals surface area contributed by atoms with Gasteiger partial charge in [0.15, 0.2) is 0 Å². The first-order valence-electron chi connectivity index (χ1n) is 7.42. The fourth-order valence-electron chi connectivity index (χ4n) is 2.23. The van der Waals surface area contributed by atoms with E-state index < -0.39 is 0 Å². The summed E-state index contributed by atoms with van der Waals surface area (Å²) in [6.45, 7) is 3.63. The number of amides is 1. The number of carbonyl (C=O) groups is 1. The van der Waals surface area contributed by atoms with Gasteiger partial charge in [-0.05, 0) is 31.7 Å². The highest BCUT2D eigenvalue weighted by molar-refractivity contribution is 5.92. The molecule has 4 nitrogen and oxygen atoms in total. The summed E-state index contributed by atoms with van der Waals surface area (Å²) in [6, 6.07) is 17.5. The Balaban J connectivity index is 1.85. The Hall–Kier alpha value is -2.33. The van der Waals surface area contributed by atoms with Crippen LogP contribution in [0, 0.1) is 0 Å². The monoisotopic (exact) mass is 298 g/mol. The highest BCUT2D eigenvalue weighted by Crippen LogP contribution is 2.17. The Labute approximate surface area is 131 Å². The van der Waals surface area contributed by atoms with Gasteiger partial charge in [-0.2, -0.15) is 0 Å². The lowest BCUT2D eigenvalue weighted by Gasteiger charge is -2.16. The largest absolute Gasteiger partial charge is 0.494 e. The minimum atomic E-state index is -0.0351. The first kappa shape index (κ1) is 16.0. The molecule has 4 heteroatoms. The van der Waals surface area contributed by atoms with Crippen LogP contribution in [0.2, 0.25) is 0 Å². The van der Waals surface area contributed by atoms with E-state index in [1.54, 1.807) is 0 Å². The molecule has 1 N–H and O–H groups in total. The van der Waals surface area contributed by atoms with Gasteiger partial charge in [0.1, 0.15) is 5.75 Å². The van der Waals surface area contributed by atoms with Crippen molar-refractivity contribution in [1.82, 2.24) is 4.90 Å². The maximum Gasteiger partial charge on any atom is 0.238 e. The highest BCUT2D eigenvalue weighted by atomic mass is 16.5. The van der Waals surface area contributed by atoms with Crippen LogP contribution in [0.4, 0.5) is 5.69 Å². The number of likely N-dealkylation sites (N-methyl/N-ethyl adjacent to an activating group) is 1. The fourth-order valence-corrected chi connectivity index (χ4v) is 2.23. The van der Waals surface area contributed by atoms with Gasteiger partial charge in [-0.25, -0.2) is 0 Å². The zero-order chi connectivity index (χ0) is 15.8. The number of hydrogen-bond donors (Lipinski definition) is 1. The average Bonchev–Trinajstić information content (AvgIpc) is 2.48. The number of benzene rings is 2. The Bertz CT molecular complexity index is 599. The molecule has 1 amide bonds. The lowest BCUT2D eigenvalue weighted by molar-refractivity contribution is -0.117. The van der Waals surface area contributed by atoms with E-state index in [0.717, 1.165) is 18.0 Å². The summed E-state index contributed by atoms with van der Waals surface area (Å²) >= 11 is 0. The third-order valence-electron chi connectivity index (χ3n) is 3.14. The normalized spacial score (nSPS) is 10.5. The zero-order valence-corrected chi connectivity index (χ0v) is 13.1. The van der Waals surface area contributed by atoms with Crippen molar-refractivity contribution in [3.05, 3.63) is 60.2 Å². The predicted octanol–water partition coefficient (Wildman–Crippen LogP) is 3.16. The van der Waals surface area contributed by atoms with E-state index in [1.807, 2.05) is 61.3 Å². The van der Waals surface area contributed by atoms with Crippen LogP contribution >= 0.6 is 0 Å². The molecule has 116 valence electrons. The molecule has 0 spiro atoms. The molecule has 2 rings (SSSR count). The smallest absolute Gasteiger partial charge is 0.238 e. The molecule has 0 radical (unpaired) electrons. The number of carbonyl (C=O) groups excluding carboxylic acids is 1. The SMILES string of the molecule is CCOc1cccc(NC(=O)CN(C)Cc2ccccc2)c1. The van der Waals surface area contributed by atoms with Crippen molar-refractivity contribution in [2.75, 3.05) is 25.5 Å². The molecular weight excluding hydrogens is 276 g/mol. The van der Waals surface area contributed by atoms with Gasteiger partial charge in [0.2, 0.25) is 5.91 Å². The molecule has 0 aromatic heterocycles. The molecule has 0 atom stereocenters. The van der Waals surface area contributed by atoms with Crippen LogP contribution in [0.25, 0.3) is 0 Å². The standard InChI is InChI=1S/C18H22N2O2/c1-3-22-17-11-7-10-16(12-17)19-18(21)14-20(2)13-15-8-5-4-6-9-15/h4-12H,3,13-14H2,1-2H3,(H,19,21). The number of ether oxygens (including phenoxy) is 1. The Morgan fingerprint density at radius 1 is 1.14 bits per heavy atom. The number of rotatable bonds is 7. The highest BCUT2D eigenvalue weighted by Gasteiger charge is 2.08. The maximum atomic E-state index is 12.1. The quantitative estimate of drug-likeness (QED) is 0.853. The van der Waals surface area contributed by atoms with E-state index in [9.17, 15) is 4.79 Å². The third kappa shape index (κ3) is 5.22. The first-order chi connectivity index (χ1) is 10.7. The van der Waals surface area contributed by atoms with E-state index >= 15 is 0 Å². The topological polar surface area (TPSA) is 41.6 Å². The van der Waals surface area contributed by atoms with Crippen molar-refractivity contribution in [1.29, 1.82) is 0 Å². The molecule has 2 aromatic rings. The Morgan fingerprint density at radius 2 is 1.91 bits per heavy atom. The number of anilines is 1. The van der Waals surface area contributed by atoms with Crippen LogP contribution in [0.3, 0.4) is 0 Å². The summed E-state index contributed by atoms with van der Waals surface area (Å²) in [5, 5.41) is 2.90. The van der Waals surface area contributed by atoms with Crippen molar-refractivity contribution in [2.24, 2.45) is 0 Å². The van der Waals surface area contributed by atoms with E-state index in [2.05, 4.69) is 17.4 Å². The molecule has 0 aliphatic rings. The van der Waals surface area contributed by atoms with Crippen LogP contribution in [0.1, 0.15) is 12.5 Å². The molecule has 22 heavy (non-hydrogen) atoms. The molecule has 0 saturated carbocycles. The van der Waals surface area contributed by atoms with Crippen LogP contribution in [0.5, 0.6) is 5.75 Å². The lowest BCUT2D eigenvalue weighted by atomic mass is 10.2. The van der Waals surface area contributed by atoms with Crippen molar-refractivity contribution in [3.8, 4) is 5.75 Å². The number of nitrogens with one attached hydrogen (secondary N) is 1. The van der Waals surface area contributed by atoms with Gasteiger partial charge in [0.25, 0.3) is 0 Å². The van der Waals surface area contributed by atoms with Gasteiger partial charge in [-0.3, -0.25) is 9.69 Å². The Morgan fingerprint density at radius 3 is 2.64 bits per heavy atom. The predicted molar refractivity (Wildman–Crippen MR) is 89.0 cm³/mol. The van der Waals surface area contributed by atoms with E-state index in [0.29, 0.717) is 13.2 Å². The van der Waals surface area contributed by atoms with Crippen LogP contribution in [-0.4, -0.2) is 31.0 Å². The van der Waals surface area contributed by atoms with Crippen molar-refractivity contribution in [3.63, 3.8) is 0 Å². The van der Waals surface area contributed by atoms with Crippen LogP contribution in [0.15, 0.2) is 54.6 Å². The zero-order valence-electron chi connectivity index (χ0n) is 13.1. The number of nitrogens with zero attached hydrogens (tertiary/aromatic N) is 1.